The number of nitrogens with zero attached hydrogens (tertiary/aromatic N) is 1. The Labute approximate surface area is 179 Å². The molecular weight excluding hydrogens is 382 g/mol. The summed E-state index contributed by atoms with van der Waals surface area (Å²) in [5.74, 6) is -1.53. The molecule has 0 bridgehead atoms. The second-order valence-corrected chi connectivity index (χ2v) is 8.19. The molecule has 1 aromatic rings. The van der Waals surface area contributed by atoms with Gasteiger partial charge in [-0.2, -0.15) is 0 Å². The zero-order chi connectivity index (χ0) is 21.8. The van der Waals surface area contributed by atoms with Gasteiger partial charge in [0.25, 0.3) is 0 Å². The molecule has 2 atom stereocenters. The maximum absolute atomic E-state index is 13.1. The van der Waals surface area contributed by atoms with E-state index < -0.39 is 17.9 Å². The van der Waals surface area contributed by atoms with Crippen LogP contribution in [0.1, 0.15) is 63.4 Å². The third kappa shape index (κ3) is 8.14. The minimum absolute atomic E-state index is 0.0855. The Bertz CT molecular complexity index is 680. The highest BCUT2D eigenvalue weighted by Gasteiger charge is 2.28. The molecule has 3 amide bonds. The average molecular weight is 418 g/mol. The number of rotatable bonds is 5. The summed E-state index contributed by atoms with van der Waals surface area (Å²) in [5, 5.41) is 11.8. The van der Waals surface area contributed by atoms with Crippen LogP contribution in [0.25, 0.3) is 0 Å². The van der Waals surface area contributed by atoms with E-state index in [4.69, 9.17) is 5.21 Å². The van der Waals surface area contributed by atoms with Gasteiger partial charge in [0.1, 0.15) is 6.04 Å². The predicted molar refractivity (Wildman–Crippen MR) is 115 cm³/mol. The SMILES string of the molecule is CN1CCCCCCCCC(CC(=O)NO)C(=O)NC(CCc2ccccc2)C1=O. The first-order chi connectivity index (χ1) is 14.5. The van der Waals surface area contributed by atoms with E-state index >= 15 is 0 Å². The lowest BCUT2D eigenvalue weighted by atomic mass is 9.94. The lowest BCUT2D eigenvalue weighted by molar-refractivity contribution is -0.138. The van der Waals surface area contributed by atoms with E-state index in [1.54, 1.807) is 17.4 Å². The zero-order valence-electron chi connectivity index (χ0n) is 17.9. The van der Waals surface area contributed by atoms with E-state index in [9.17, 15) is 14.4 Å². The standard InChI is InChI=1S/C23H35N3O4/c1-26-16-10-5-3-2-4-9-13-19(17-21(27)25-30)22(28)24-20(23(26)29)15-14-18-11-7-6-8-12-18/h6-8,11-12,19-20,30H,2-5,9-10,13-17H2,1H3,(H,24,28)(H,25,27). The van der Waals surface area contributed by atoms with Gasteiger partial charge >= 0.3 is 0 Å². The number of aryl methyl sites for hydroxylation is 1. The first-order valence-corrected chi connectivity index (χ1v) is 11.0. The lowest BCUT2D eigenvalue weighted by Crippen LogP contribution is -2.49. The van der Waals surface area contributed by atoms with Crippen LogP contribution >= 0.6 is 0 Å². The van der Waals surface area contributed by atoms with Crippen LogP contribution in [-0.4, -0.2) is 47.5 Å². The third-order valence-corrected chi connectivity index (χ3v) is 5.78. The van der Waals surface area contributed by atoms with Gasteiger partial charge in [-0.25, -0.2) is 5.48 Å². The van der Waals surface area contributed by atoms with Crippen LogP contribution in [0.3, 0.4) is 0 Å². The van der Waals surface area contributed by atoms with Crippen molar-refractivity contribution in [3.8, 4) is 0 Å². The Morgan fingerprint density at radius 2 is 1.77 bits per heavy atom. The first kappa shape index (κ1) is 23.9. The third-order valence-electron chi connectivity index (χ3n) is 5.78. The van der Waals surface area contributed by atoms with E-state index in [2.05, 4.69) is 5.32 Å². The van der Waals surface area contributed by atoms with Crippen LogP contribution in [0.5, 0.6) is 0 Å². The van der Waals surface area contributed by atoms with Gasteiger partial charge in [-0.05, 0) is 31.2 Å². The van der Waals surface area contributed by atoms with E-state index in [0.717, 1.165) is 44.1 Å². The van der Waals surface area contributed by atoms with E-state index in [0.29, 0.717) is 25.8 Å². The van der Waals surface area contributed by atoms with Gasteiger partial charge in [0.05, 0.1) is 0 Å². The molecule has 0 aliphatic carbocycles. The van der Waals surface area contributed by atoms with Crippen molar-refractivity contribution in [2.75, 3.05) is 13.6 Å². The Hall–Kier alpha value is -2.41. The molecule has 1 aliphatic rings. The number of carbonyl (C=O) groups is 3. The molecule has 3 N–H and O–H groups in total. The Morgan fingerprint density at radius 1 is 1.10 bits per heavy atom. The molecular formula is C23H35N3O4. The molecule has 1 heterocycles. The van der Waals surface area contributed by atoms with Crippen LogP contribution in [-0.2, 0) is 20.8 Å². The molecule has 0 radical (unpaired) electrons. The highest BCUT2D eigenvalue weighted by molar-refractivity contribution is 5.90. The summed E-state index contributed by atoms with van der Waals surface area (Å²) in [6.45, 7) is 0.673. The number of nitrogens with one attached hydrogen (secondary N) is 2. The van der Waals surface area contributed by atoms with Gasteiger partial charge in [-0.1, -0.05) is 62.4 Å². The van der Waals surface area contributed by atoms with Crippen LogP contribution < -0.4 is 10.8 Å². The highest BCUT2D eigenvalue weighted by atomic mass is 16.5. The van der Waals surface area contributed by atoms with Gasteiger partial charge in [0, 0.05) is 25.9 Å². The van der Waals surface area contributed by atoms with Crippen molar-refractivity contribution in [2.45, 2.75) is 70.3 Å². The van der Waals surface area contributed by atoms with Crippen LogP contribution in [0.15, 0.2) is 30.3 Å². The van der Waals surface area contributed by atoms with Crippen molar-refractivity contribution in [2.24, 2.45) is 5.92 Å². The minimum atomic E-state index is -0.634. The van der Waals surface area contributed by atoms with E-state index in [-0.39, 0.29) is 18.2 Å². The molecule has 1 fully saturated rings. The van der Waals surface area contributed by atoms with Crippen LogP contribution in [0.4, 0.5) is 0 Å². The van der Waals surface area contributed by atoms with Gasteiger partial charge < -0.3 is 10.2 Å². The molecule has 0 saturated carbocycles. The van der Waals surface area contributed by atoms with Gasteiger partial charge in [0.2, 0.25) is 17.7 Å². The molecule has 2 unspecified atom stereocenters. The predicted octanol–water partition coefficient (Wildman–Crippen LogP) is 2.82. The summed E-state index contributed by atoms with van der Waals surface area (Å²) >= 11 is 0. The summed E-state index contributed by atoms with van der Waals surface area (Å²) in [6, 6.07) is 9.24. The van der Waals surface area contributed by atoms with E-state index in [1.165, 1.54) is 0 Å². The van der Waals surface area contributed by atoms with Crippen molar-refractivity contribution in [1.82, 2.24) is 15.7 Å². The van der Waals surface area contributed by atoms with Gasteiger partial charge in [-0.15, -0.1) is 0 Å². The Balaban J connectivity index is 2.14. The number of hydroxylamine groups is 1. The van der Waals surface area contributed by atoms with Gasteiger partial charge in [0.15, 0.2) is 0 Å². The minimum Gasteiger partial charge on any atom is -0.344 e. The molecule has 1 saturated heterocycles. The van der Waals surface area contributed by atoms with Gasteiger partial charge in [-0.3, -0.25) is 19.6 Å². The molecule has 1 aromatic carbocycles. The maximum Gasteiger partial charge on any atom is 0.244 e. The summed E-state index contributed by atoms with van der Waals surface area (Å²) in [7, 11) is 1.78. The van der Waals surface area contributed by atoms with Crippen molar-refractivity contribution in [3.05, 3.63) is 35.9 Å². The van der Waals surface area contributed by atoms with Crippen molar-refractivity contribution >= 4 is 17.7 Å². The monoisotopic (exact) mass is 417 g/mol. The Kier molecular flexibility index (Phi) is 10.3. The van der Waals surface area contributed by atoms with Crippen LogP contribution in [0, 0.1) is 5.92 Å². The summed E-state index contributed by atoms with van der Waals surface area (Å²) in [5.41, 5.74) is 2.73. The molecule has 7 nitrogen and oxygen atoms in total. The molecule has 166 valence electrons. The number of likely N-dealkylation sites (N-methyl/N-ethyl adjacent to an activating group) is 1. The second-order valence-electron chi connectivity index (χ2n) is 8.19. The number of benzene rings is 1. The normalized spacial score (nSPS) is 22.1. The summed E-state index contributed by atoms with van der Waals surface area (Å²) in [4.78, 5) is 39.4. The molecule has 1 aliphatic heterocycles. The fraction of sp³-hybridized carbons (Fsp3) is 0.609. The maximum atomic E-state index is 13.1. The first-order valence-electron chi connectivity index (χ1n) is 11.0. The number of hydrogen-bond acceptors (Lipinski definition) is 4. The number of hydrogen-bond donors (Lipinski definition) is 3. The lowest BCUT2D eigenvalue weighted by Gasteiger charge is -2.27. The average Bonchev–Trinajstić information content (AvgIpc) is 2.76. The second kappa shape index (κ2) is 13.0. The smallest absolute Gasteiger partial charge is 0.244 e. The van der Waals surface area contributed by atoms with Crippen molar-refractivity contribution in [3.63, 3.8) is 0 Å². The summed E-state index contributed by atoms with van der Waals surface area (Å²) in [6.07, 6.45) is 7.73. The highest BCUT2D eigenvalue weighted by Crippen LogP contribution is 2.18. The molecule has 2 rings (SSSR count). The van der Waals surface area contributed by atoms with Crippen molar-refractivity contribution < 1.29 is 19.6 Å². The zero-order valence-corrected chi connectivity index (χ0v) is 17.9. The fourth-order valence-electron chi connectivity index (χ4n) is 3.92. The molecule has 7 heteroatoms. The Morgan fingerprint density at radius 3 is 2.47 bits per heavy atom. The number of carbonyl (C=O) groups excluding carboxylic acids is 3. The quantitative estimate of drug-likeness (QED) is 0.507. The van der Waals surface area contributed by atoms with E-state index in [1.807, 2.05) is 30.3 Å². The molecule has 0 aromatic heterocycles. The molecule has 0 spiro atoms. The van der Waals surface area contributed by atoms with Crippen molar-refractivity contribution in [1.29, 1.82) is 0 Å². The van der Waals surface area contributed by atoms with Crippen LogP contribution in [0.2, 0.25) is 0 Å². The summed E-state index contributed by atoms with van der Waals surface area (Å²) < 4.78 is 0. The number of amides is 3. The largest absolute Gasteiger partial charge is 0.344 e. The molecule has 30 heavy (non-hydrogen) atoms. The fourth-order valence-corrected chi connectivity index (χ4v) is 3.92. The topological polar surface area (TPSA) is 98.7 Å².